The number of anilines is 2. The van der Waals surface area contributed by atoms with Gasteiger partial charge in [-0.1, -0.05) is 28.5 Å². The van der Waals surface area contributed by atoms with E-state index in [4.69, 9.17) is 25.2 Å². The first-order valence-corrected chi connectivity index (χ1v) is 14.9. The maximum absolute atomic E-state index is 13.0. The van der Waals surface area contributed by atoms with Crippen LogP contribution >= 0.6 is 67.8 Å². The predicted octanol–water partition coefficient (Wildman–Crippen LogP) is 7.23. The molecule has 10 nitrogen and oxygen atoms in total. The number of nitrogens with one attached hydrogen (secondary N) is 2. The van der Waals surface area contributed by atoms with Crippen molar-refractivity contribution in [3.05, 3.63) is 75.2 Å². The van der Waals surface area contributed by atoms with Gasteiger partial charge in [0, 0.05) is 14.0 Å². The smallest absolute Gasteiger partial charge is 0.240 e. The number of aryl methyl sites for hydroxylation is 3. The van der Waals surface area contributed by atoms with Gasteiger partial charge in [-0.25, -0.2) is 9.87 Å². The van der Waals surface area contributed by atoms with Gasteiger partial charge in [0.25, 0.3) is 0 Å². The van der Waals surface area contributed by atoms with Crippen molar-refractivity contribution < 1.29 is 23.4 Å². The molecular weight excluding hydrogens is 872 g/mol. The van der Waals surface area contributed by atoms with E-state index in [1.165, 1.54) is 29.6 Å². The van der Waals surface area contributed by atoms with Gasteiger partial charge < -0.3 is 20.1 Å². The summed E-state index contributed by atoms with van der Waals surface area (Å²) in [6.45, 7) is 7.12. The van der Waals surface area contributed by atoms with Gasteiger partial charge in [-0.05, 0) is 123 Å². The fourth-order valence-electron chi connectivity index (χ4n) is 3.07. The van der Waals surface area contributed by atoms with Gasteiger partial charge in [-0.15, -0.1) is 0 Å². The van der Waals surface area contributed by atoms with Crippen molar-refractivity contribution in [2.45, 2.75) is 27.7 Å². The van der Waals surface area contributed by atoms with Crippen molar-refractivity contribution in [2.24, 2.45) is 0 Å². The SMILES string of the molecule is CC(=O)NO.CNc1noc2c(I)c(C)ccc12.Cc1ccc(C#N)c(F)c1I.Cc1ccc2c(N)noc2c1I. The van der Waals surface area contributed by atoms with Crippen LogP contribution in [-0.2, 0) is 4.79 Å². The highest BCUT2D eigenvalue weighted by Crippen LogP contribution is 2.29. The second kappa shape index (κ2) is 16.0. The molecule has 0 aliphatic rings. The minimum atomic E-state index is -0.440. The van der Waals surface area contributed by atoms with Crippen LogP contribution in [0.1, 0.15) is 29.2 Å². The van der Waals surface area contributed by atoms with Crippen LogP contribution in [0.5, 0.6) is 0 Å². The number of nitrogens with zero attached hydrogens (tertiary/aromatic N) is 3. The molecule has 0 saturated heterocycles. The Kier molecular flexibility index (Phi) is 13.5. The molecule has 0 unspecified atom stereocenters. The summed E-state index contributed by atoms with van der Waals surface area (Å²) < 4.78 is 26.1. The summed E-state index contributed by atoms with van der Waals surface area (Å²) in [4.78, 5) is 9.45. The molecule has 1 amide bonds. The number of amides is 1. The largest absolute Gasteiger partial charge is 0.380 e. The van der Waals surface area contributed by atoms with E-state index in [9.17, 15) is 9.18 Å². The lowest BCUT2D eigenvalue weighted by Crippen LogP contribution is -2.12. The number of hydroxylamine groups is 1. The average molecular weight is 898 g/mol. The summed E-state index contributed by atoms with van der Waals surface area (Å²) >= 11 is 6.39. The number of nitrogen functional groups attached to an aromatic ring is 1. The third-order valence-electron chi connectivity index (χ3n) is 5.37. The van der Waals surface area contributed by atoms with Crippen LogP contribution in [0.15, 0.2) is 45.4 Å². The van der Waals surface area contributed by atoms with Crippen molar-refractivity contribution in [1.82, 2.24) is 15.8 Å². The summed E-state index contributed by atoms with van der Waals surface area (Å²) in [5.41, 5.74) is 12.0. The van der Waals surface area contributed by atoms with Gasteiger partial charge in [0.15, 0.2) is 28.6 Å². The highest BCUT2D eigenvalue weighted by molar-refractivity contribution is 14.1. The zero-order valence-electron chi connectivity index (χ0n) is 22.6. The van der Waals surface area contributed by atoms with Gasteiger partial charge in [0.05, 0.1) is 27.0 Å². The molecule has 0 radical (unpaired) electrons. The van der Waals surface area contributed by atoms with Crippen LogP contribution in [-0.4, -0.2) is 28.5 Å². The summed E-state index contributed by atoms with van der Waals surface area (Å²) in [5.74, 6) is 0.411. The number of benzene rings is 3. The number of fused-ring (bicyclic) bond motifs is 2. The Morgan fingerprint density at radius 2 is 1.39 bits per heavy atom. The highest BCUT2D eigenvalue weighted by atomic mass is 127. The molecule has 5 aromatic rings. The minimum Gasteiger partial charge on any atom is -0.380 e. The Labute approximate surface area is 276 Å². The monoisotopic (exact) mass is 898 g/mol. The lowest BCUT2D eigenvalue weighted by Gasteiger charge is -1.99. The quantitative estimate of drug-likeness (QED) is 0.0773. The molecule has 216 valence electrons. The van der Waals surface area contributed by atoms with Crippen LogP contribution in [0.2, 0.25) is 0 Å². The molecule has 5 rings (SSSR count). The molecule has 3 aromatic carbocycles. The number of carbonyl (C=O) groups excluding carboxylic acids is 1. The van der Waals surface area contributed by atoms with E-state index in [1.807, 2.05) is 61.7 Å². The molecule has 14 heteroatoms. The van der Waals surface area contributed by atoms with E-state index in [0.29, 0.717) is 9.39 Å². The molecule has 5 N–H and O–H groups in total. The number of rotatable bonds is 1. The first-order valence-electron chi connectivity index (χ1n) is 11.6. The van der Waals surface area contributed by atoms with E-state index < -0.39 is 11.7 Å². The zero-order valence-corrected chi connectivity index (χ0v) is 29.0. The molecule has 0 saturated carbocycles. The number of hydrogen-bond acceptors (Lipinski definition) is 9. The van der Waals surface area contributed by atoms with Crippen LogP contribution in [0.3, 0.4) is 0 Å². The van der Waals surface area contributed by atoms with Gasteiger partial charge in [0.1, 0.15) is 6.07 Å². The summed E-state index contributed by atoms with van der Waals surface area (Å²) in [5, 5.41) is 28.5. The first-order chi connectivity index (χ1) is 19.4. The molecule has 0 aliphatic heterocycles. The fourth-order valence-corrected chi connectivity index (χ4v) is 4.68. The van der Waals surface area contributed by atoms with Gasteiger partial charge in [-0.2, -0.15) is 5.26 Å². The first kappa shape index (κ1) is 34.4. The molecule has 0 spiro atoms. The number of aromatic nitrogens is 2. The summed E-state index contributed by atoms with van der Waals surface area (Å²) in [6, 6.07) is 13.1. The third kappa shape index (κ3) is 8.86. The van der Waals surface area contributed by atoms with Crippen molar-refractivity contribution >= 4 is 107 Å². The summed E-state index contributed by atoms with van der Waals surface area (Å²) in [6.07, 6.45) is 0. The van der Waals surface area contributed by atoms with E-state index in [-0.39, 0.29) is 5.56 Å². The Hall–Kier alpha value is -2.76. The normalized spacial score (nSPS) is 9.88. The second-order valence-corrected chi connectivity index (χ2v) is 11.6. The predicted molar refractivity (Wildman–Crippen MR) is 181 cm³/mol. The Bertz CT molecular complexity index is 1720. The Balaban J connectivity index is 0.000000200. The summed E-state index contributed by atoms with van der Waals surface area (Å²) in [7, 11) is 1.84. The highest BCUT2D eigenvalue weighted by Gasteiger charge is 2.11. The lowest BCUT2D eigenvalue weighted by atomic mass is 10.1. The maximum Gasteiger partial charge on any atom is 0.240 e. The lowest BCUT2D eigenvalue weighted by molar-refractivity contribution is -0.126. The number of nitrogens with two attached hydrogens (primary N) is 1. The molecule has 0 atom stereocenters. The van der Waals surface area contributed by atoms with E-state index >= 15 is 0 Å². The minimum absolute atomic E-state index is 0.111. The van der Waals surface area contributed by atoms with Gasteiger partial charge >= 0.3 is 0 Å². The molecule has 0 aliphatic carbocycles. The van der Waals surface area contributed by atoms with Crippen LogP contribution in [0.4, 0.5) is 16.0 Å². The number of carbonyl (C=O) groups is 1. The Morgan fingerprint density at radius 3 is 1.90 bits per heavy atom. The van der Waals surface area contributed by atoms with E-state index in [0.717, 1.165) is 40.5 Å². The molecule has 0 fully saturated rings. The van der Waals surface area contributed by atoms with Crippen molar-refractivity contribution in [1.29, 1.82) is 5.26 Å². The number of halogens is 4. The third-order valence-corrected chi connectivity index (χ3v) is 9.37. The second-order valence-electron chi connectivity index (χ2n) is 8.33. The topological polar surface area (TPSA) is 163 Å². The van der Waals surface area contributed by atoms with E-state index in [2.05, 4.69) is 73.8 Å². The fraction of sp³-hybridized carbons (Fsp3) is 0.185. The number of nitriles is 1. The Morgan fingerprint density at radius 1 is 0.927 bits per heavy atom. The molecule has 2 aromatic heterocycles. The molecular formula is C27H26FI3N6O4. The van der Waals surface area contributed by atoms with Crippen molar-refractivity contribution in [2.75, 3.05) is 18.1 Å². The molecule has 0 bridgehead atoms. The van der Waals surface area contributed by atoms with Gasteiger partial charge in [-0.3, -0.25) is 10.0 Å². The van der Waals surface area contributed by atoms with E-state index in [1.54, 1.807) is 12.1 Å². The maximum atomic E-state index is 13.0. The van der Waals surface area contributed by atoms with Crippen LogP contribution in [0, 0.1) is 48.6 Å². The number of hydrogen-bond donors (Lipinski definition) is 4. The van der Waals surface area contributed by atoms with Crippen LogP contribution < -0.4 is 16.5 Å². The molecule has 2 heterocycles. The zero-order chi connectivity index (χ0) is 30.9. The standard InChI is InChI=1S/C9H9IN2O.C8H5FIN.C8H7IN2O.C2H5NO2/c1-5-3-4-6-8(7(5)10)13-12-9(6)11-2;1-5-2-3-6(4-11)7(9)8(5)10;1-4-2-3-5-7(6(4)9)12-11-8(5)10;1-2(4)3-5/h3-4H,1-2H3,(H,11,12);2-3H,1H3;2-3H,1H3,(H2,10,11);5H,1H3,(H,3,4). The van der Waals surface area contributed by atoms with Crippen molar-refractivity contribution in [3.8, 4) is 6.07 Å². The molecule has 41 heavy (non-hydrogen) atoms. The van der Waals surface area contributed by atoms with Crippen molar-refractivity contribution in [3.63, 3.8) is 0 Å². The van der Waals surface area contributed by atoms with Crippen LogP contribution in [0.25, 0.3) is 21.9 Å². The average Bonchev–Trinajstić information content (AvgIpc) is 3.56. The van der Waals surface area contributed by atoms with Gasteiger partial charge in [0.2, 0.25) is 5.91 Å².